The van der Waals surface area contributed by atoms with E-state index in [1.807, 2.05) is 17.8 Å². The van der Waals surface area contributed by atoms with Crippen LogP contribution in [0.5, 0.6) is 0 Å². The van der Waals surface area contributed by atoms with Gasteiger partial charge in [0.05, 0.1) is 22.6 Å². The second kappa shape index (κ2) is 8.25. The molecule has 3 aromatic rings. The fourth-order valence-electron chi connectivity index (χ4n) is 5.79. The van der Waals surface area contributed by atoms with Crippen molar-refractivity contribution in [2.24, 2.45) is 25.9 Å². The van der Waals surface area contributed by atoms with Gasteiger partial charge in [-0.1, -0.05) is 11.6 Å². The highest BCUT2D eigenvalue weighted by molar-refractivity contribution is 6.31. The molecule has 1 aromatic carbocycles. The molecule has 33 heavy (non-hydrogen) atoms. The molecule has 2 unspecified atom stereocenters. The standard InChI is InChI=1S/C24H27ClFN5O2/c1-30-6-5-27-20(30)12-24(33)10-15-7-14(8-16(15)11-24)21-22(31(2)13-28-21)23(32)29-17-3-4-19(26)18(25)9-17/h3-6,9,13-16,33H,7-8,10-12H2,1-2H3,(H,29,32). The van der Waals surface area contributed by atoms with Crippen molar-refractivity contribution in [1.82, 2.24) is 19.1 Å². The summed E-state index contributed by atoms with van der Waals surface area (Å²) in [6, 6.07) is 4.11. The molecule has 2 N–H and O–H groups in total. The highest BCUT2D eigenvalue weighted by Crippen LogP contribution is 2.54. The third-order valence-corrected chi connectivity index (χ3v) is 7.57. The van der Waals surface area contributed by atoms with Gasteiger partial charge >= 0.3 is 0 Å². The van der Waals surface area contributed by atoms with E-state index >= 15 is 0 Å². The first-order valence-electron chi connectivity index (χ1n) is 11.2. The van der Waals surface area contributed by atoms with Crippen LogP contribution in [0, 0.1) is 17.7 Å². The Morgan fingerprint density at radius 1 is 1.24 bits per heavy atom. The maximum absolute atomic E-state index is 13.5. The Hall–Kier alpha value is -2.71. The molecule has 174 valence electrons. The fourth-order valence-corrected chi connectivity index (χ4v) is 5.97. The van der Waals surface area contributed by atoms with Gasteiger partial charge in [-0.15, -0.1) is 0 Å². The van der Waals surface area contributed by atoms with E-state index < -0.39 is 11.4 Å². The number of aromatic nitrogens is 4. The number of amides is 1. The van der Waals surface area contributed by atoms with Crippen molar-refractivity contribution in [2.45, 2.75) is 43.6 Å². The Morgan fingerprint density at radius 3 is 2.61 bits per heavy atom. The summed E-state index contributed by atoms with van der Waals surface area (Å²) < 4.78 is 17.1. The van der Waals surface area contributed by atoms with Crippen molar-refractivity contribution in [3.63, 3.8) is 0 Å². The SMILES string of the molecule is Cn1ccnc1CC1(O)CC2CC(c3ncn(C)c3C(=O)Nc3ccc(F)c(Cl)c3)CC2C1. The molecule has 7 nitrogen and oxygen atoms in total. The van der Waals surface area contributed by atoms with Crippen LogP contribution in [0.25, 0.3) is 0 Å². The van der Waals surface area contributed by atoms with E-state index in [0.29, 0.717) is 29.6 Å². The number of carbonyl (C=O) groups is 1. The predicted molar refractivity (Wildman–Crippen MR) is 123 cm³/mol. The van der Waals surface area contributed by atoms with E-state index in [0.717, 1.165) is 37.2 Å². The number of hydrogen-bond acceptors (Lipinski definition) is 4. The van der Waals surface area contributed by atoms with Crippen molar-refractivity contribution in [3.8, 4) is 0 Å². The molecular formula is C24H27ClFN5O2. The molecule has 2 atom stereocenters. The number of halogens is 2. The van der Waals surface area contributed by atoms with Gasteiger partial charge in [-0.25, -0.2) is 14.4 Å². The lowest BCUT2D eigenvalue weighted by Crippen LogP contribution is -2.30. The van der Waals surface area contributed by atoms with Gasteiger partial charge in [0.1, 0.15) is 17.3 Å². The van der Waals surface area contributed by atoms with Crippen LogP contribution in [0.2, 0.25) is 5.02 Å². The maximum Gasteiger partial charge on any atom is 0.274 e. The fraction of sp³-hybridized carbons (Fsp3) is 0.458. The number of nitrogens with zero attached hydrogens (tertiary/aromatic N) is 4. The lowest BCUT2D eigenvalue weighted by Gasteiger charge is -2.24. The van der Waals surface area contributed by atoms with E-state index in [-0.39, 0.29) is 16.8 Å². The van der Waals surface area contributed by atoms with E-state index in [4.69, 9.17) is 11.6 Å². The average molecular weight is 472 g/mol. The molecular weight excluding hydrogens is 445 g/mol. The monoisotopic (exact) mass is 471 g/mol. The van der Waals surface area contributed by atoms with E-state index in [1.54, 1.807) is 24.1 Å². The minimum absolute atomic E-state index is 0.0420. The number of hydrogen-bond donors (Lipinski definition) is 2. The molecule has 2 aromatic heterocycles. The maximum atomic E-state index is 13.5. The van der Waals surface area contributed by atoms with Crippen molar-refractivity contribution >= 4 is 23.2 Å². The average Bonchev–Trinajstić information content (AvgIpc) is 3.49. The number of rotatable bonds is 5. The molecule has 5 rings (SSSR count). The van der Waals surface area contributed by atoms with Crippen LogP contribution in [0.4, 0.5) is 10.1 Å². The number of carbonyl (C=O) groups excluding carboxylic acids is 1. The van der Waals surface area contributed by atoms with Gasteiger partial charge in [0.25, 0.3) is 5.91 Å². The highest BCUT2D eigenvalue weighted by Gasteiger charge is 2.50. The molecule has 2 aliphatic rings. The predicted octanol–water partition coefficient (Wildman–Crippen LogP) is 4.08. The highest BCUT2D eigenvalue weighted by atomic mass is 35.5. The zero-order valence-electron chi connectivity index (χ0n) is 18.6. The van der Waals surface area contributed by atoms with Gasteiger partial charge < -0.3 is 19.6 Å². The molecule has 2 aliphatic carbocycles. The third-order valence-electron chi connectivity index (χ3n) is 7.28. The van der Waals surface area contributed by atoms with Gasteiger partial charge in [-0.2, -0.15) is 0 Å². The first-order chi connectivity index (χ1) is 15.7. The summed E-state index contributed by atoms with van der Waals surface area (Å²) in [5.41, 5.74) is 0.987. The van der Waals surface area contributed by atoms with Gasteiger partial charge in [0.2, 0.25) is 0 Å². The van der Waals surface area contributed by atoms with Crippen molar-refractivity contribution in [1.29, 1.82) is 0 Å². The number of nitrogens with one attached hydrogen (secondary N) is 1. The van der Waals surface area contributed by atoms with E-state index in [9.17, 15) is 14.3 Å². The smallest absolute Gasteiger partial charge is 0.274 e. The Morgan fingerprint density at radius 2 is 1.97 bits per heavy atom. The van der Waals surface area contributed by atoms with E-state index in [1.165, 1.54) is 18.2 Å². The third kappa shape index (κ3) is 4.17. The normalized spacial score (nSPS) is 26.5. The largest absolute Gasteiger partial charge is 0.389 e. The lowest BCUT2D eigenvalue weighted by atomic mass is 9.90. The number of fused-ring (bicyclic) bond motifs is 1. The molecule has 0 spiro atoms. The zero-order chi connectivity index (χ0) is 23.3. The minimum atomic E-state index is -0.731. The van der Waals surface area contributed by atoms with Crippen LogP contribution in [0.3, 0.4) is 0 Å². The van der Waals surface area contributed by atoms with Crippen LogP contribution >= 0.6 is 11.6 Å². The summed E-state index contributed by atoms with van der Waals surface area (Å²) in [6.07, 6.45) is 9.16. The van der Waals surface area contributed by atoms with Gasteiger partial charge in [0.15, 0.2) is 0 Å². The molecule has 0 bridgehead atoms. The number of aliphatic hydroxyl groups is 1. The zero-order valence-corrected chi connectivity index (χ0v) is 19.4. The number of aryl methyl sites for hydroxylation is 2. The van der Waals surface area contributed by atoms with Crippen molar-refractivity contribution in [2.75, 3.05) is 5.32 Å². The second-order valence-electron chi connectivity index (χ2n) is 9.62. The molecule has 0 aliphatic heterocycles. The Kier molecular flexibility index (Phi) is 5.53. The molecule has 2 saturated carbocycles. The first kappa shape index (κ1) is 22.1. The molecule has 2 heterocycles. The Bertz CT molecular complexity index is 1190. The van der Waals surface area contributed by atoms with Crippen LogP contribution < -0.4 is 5.32 Å². The van der Waals surface area contributed by atoms with Gasteiger partial charge in [-0.3, -0.25) is 4.79 Å². The quantitative estimate of drug-likeness (QED) is 0.587. The summed E-state index contributed by atoms with van der Waals surface area (Å²) in [6.45, 7) is 0. The van der Waals surface area contributed by atoms with Crippen molar-refractivity contribution < 1.29 is 14.3 Å². The summed E-state index contributed by atoms with van der Waals surface area (Å²) >= 11 is 5.85. The van der Waals surface area contributed by atoms with Crippen LogP contribution in [-0.2, 0) is 20.5 Å². The van der Waals surface area contributed by atoms with Gasteiger partial charge in [-0.05, 0) is 55.7 Å². The summed E-state index contributed by atoms with van der Waals surface area (Å²) in [4.78, 5) is 22.0. The molecule has 1 amide bonds. The Labute approximate surface area is 196 Å². The molecule has 2 fully saturated rings. The number of anilines is 1. The first-order valence-corrected chi connectivity index (χ1v) is 11.6. The second-order valence-corrected chi connectivity index (χ2v) is 10.0. The molecule has 0 radical (unpaired) electrons. The molecule has 0 saturated heterocycles. The summed E-state index contributed by atoms with van der Waals surface area (Å²) in [5, 5.41) is 14.0. The minimum Gasteiger partial charge on any atom is -0.389 e. The number of benzene rings is 1. The topological polar surface area (TPSA) is 85.0 Å². The van der Waals surface area contributed by atoms with Crippen LogP contribution in [0.15, 0.2) is 36.9 Å². The van der Waals surface area contributed by atoms with Crippen LogP contribution in [0.1, 0.15) is 53.6 Å². The Balaban J connectivity index is 1.29. The summed E-state index contributed by atoms with van der Waals surface area (Å²) in [7, 11) is 3.75. The van der Waals surface area contributed by atoms with Gasteiger partial charge in [0, 0.05) is 44.5 Å². The van der Waals surface area contributed by atoms with Crippen LogP contribution in [-0.4, -0.2) is 35.7 Å². The summed E-state index contributed by atoms with van der Waals surface area (Å²) in [5.74, 6) is 1.03. The lowest BCUT2D eigenvalue weighted by molar-refractivity contribution is 0.0359. The molecule has 9 heteroatoms. The van der Waals surface area contributed by atoms with Crippen molar-refractivity contribution in [3.05, 3.63) is 65.0 Å². The van der Waals surface area contributed by atoms with E-state index in [2.05, 4.69) is 15.3 Å². The number of imidazole rings is 2.